The summed E-state index contributed by atoms with van der Waals surface area (Å²) in [5.41, 5.74) is -0.276. The van der Waals surface area contributed by atoms with Gasteiger partial charge in [-0.2, -0.15) is 9.77 Å². The fourth-order valence-corrected chi connectivity index (χ4v) is 1.09. The van der Waals surface area contributed by atoms with E-state index in [1.54, 1.807) is 6.92 Å². The molecule has 1 aromatic heterocycles. The van der Waals surface area contributed by atoms with Crippen molar-refractivity contribution in [1.29, 1.82) is 0 Å². The largest absolute Gasteiger partial charge is 0.364 e. The summed E-state index contributed by atoms with van der Waals surface area (Å²) < 4.78 is 2.35. The van der Waals surface area contributed by atoms with Gasteiger partial charge in [-0.3, -0.25) is 0 Å². The summed E-state index contributed by atoms with van der Waals surface area (Å²) >= 11 is 3.20. The Balaban J connectivity index is 3.09. The Bertz CT molecular complexity index is 302. The molecule has 0 aromatic carbocycles. The van der Waals surface area contributed by atoms with Crippen molar-refractivity contribution in [2.24, 2.45) is 0 Å². The van der Waals surface area contributed by atoms with Crippen LogP contribution in [0.25, 0.3) is 0 Å². The number of aryl methyl sites for hydroxylation is 2. The summed E-state index contributed by atoms with van der Waals surface area (Å²) in [6, 6.07) is 0. The van der Waals surface area contributed by atoms with Crippen molar-refractivity contribution in [3.05, 3.63) is 16.3 Å². The predicted molar refractivity (Wildman–Crippen MR) is 45.2 cm³/mol. The number of rotatable bonds is 2. The maximum absolute atomic E-state index is 11.1. The van der Waals surface area contributed by atoms with E-state index < -0.39 is 0 Å². The van der Waals surface area contributed by atoms with Gasteiger partial charge in [0.25, 0.3) is 0 Å². The molecule has 62 valence electrons. The molecule has 0 saturated heterocycles. The Morgan fingerprint density at radius 2 is 2.36 bits per heavy atom. The molecular formula is C5H9BrN4O. The van der Waals surface area contributed by atoms with Crippen LogP contribution < -0.4 is 11.5 Å². The second-order valence-corrected chi connectivity index (χ2v) is 2.90. The zero-order valence-corrected chi connectivity index (χ0v) is 7.71. The van der Waals surface area contributed by atoms with Crippen LogP contribution in [0, 0.1) is 6.92 Å². The molecule has 0 aliphatic carbocycles. The topological polar surface area (TPSA) is 65.8 Å². The minimum Gasteiger partial charge on any atom is -0.333 e. The molecule has 0 aliphatic rings. The van der Waals surface area contributed by atoms with Crippen molar-refractivity contribution in [3.63, 3.8) is 0 Å². The second-order valence-electron chi connectivity index (χ2n) is 2.11. The first-order valence-corrected chi connectivity index (χ1v) is 4.26. The van der Waals surface area contributed by atoms with Crippen LogP contribution in [0.5, 0.6) is 0 Å². The van der Waals surface area contributed by atoms with Crippen molar-refractivity contribution in [2.45, 2.75) is 13.5 Å². The first-order chi connectivity index (χ1) is 5.16. The quantitative estimate of drug-likeness (QED) is 0.538. The van der Waals surface area contributed by atoms with Gasteiger partial charge in [0.05, 0.1) is 6.54 Å². The minimum atomic E-state index is -0.276. The van der Waals surface area contributed by atoms with E-state index in [0.29, 0.717) is 17.7 Å². The fourth-order valence-electron chi connectivity index (χ4n) is 0.754. The third kappa shape index (κ3) is 1.45. The highest BCUT2D eigenvalue weighted by molar-refractivity contribution is 9.09. The third-order valence-corrected chi connectivity index (χ3v) is 1.69. The van der Waals surface area contributed by atoms with Gasteiger partial charge in [-0.15, -0.1) is 0 Å². The molecule has 0 atom stereocenters. The van der Waals surface area contributed by atoms with Crippen LogP contribution in [0.2, 0.25) is 0 Å². The number of nitrogens with zero attached hydrogens (tertiary/aromatic N) is 3. The molecular weight excluding hydrogens is 212 g/mol. The number of nitrogen functional groups attached to an aromatic ring is 1. The summed E-state index contributed by atoms with van der Waals surface area (Å²) in [5.74, 6) is 5.86. The summed E-state index contributed by atoms with van der Waals surface area (Å²) in [7, 11) is 0. The molecule has 5 nitrogen and oxygen atoms in total. The molecule has 1 rings (SSSR count). The fraction of sp³-hybridized carbons (Fsp3) is 0.600. The van der Waals surface area contributed by atoms with Crippen LogP contribution in [-0.4, -0.2) is 19.8 Å². The van der Waals surface area contributed by atoms with Crippen LogP contribution in [0.3, 0.4) is 0 Å². The van der Waals surface area contributed by atoms with E-state index in [1.165, 1.54) is 4.68 Å². The molecule has 0 amide bonds. The van der Waals surface area contributed by atoms with Crippen molar-refractivity contribution in [1.82, 2.24) is 14.5 Å². The molecule has 0 saturated carbocycles. The Morgan fingerprint density at radius 1 is 1.73 bits per heavy atom. The van der Waals surface area contributed by atoms with Crippen molar-refractivity contribution >= 4 is 15.9 Å². The minimum absolute atomic E-state index is 0.276. The van der Waals surface area contributed by atoms with Gasteiger partial charge in [-0.05, 0) is 6.92 Å². The molecule has 0 aliphatic heterocycles. The first kappa shape index (κ1) is 8.32. The second kappa shape index (κ2) is 3.08. The third-order valence-electron chi connectivity index (χ3n) is 1.34. The van der Waals surface area contributed by atoms with E-state index in [0.717, 1.165) is 4.68 Å². The highest BCUT2D eigenvalue weighted by Crippen LogP contribution is 1.86. The van der Waals surface area contributed by atoms with Gasteiger partial charge in [0.1, 0.15) is 5.82 Å². The van der Waals surface area contributed by atoms with Gasteiger partial charge in [0.2, 0.25) is 0 Å². The van der Waals surface area contributed by atoms with Crippen molar-refractivity contribution in [3.8, 4) is 0 Å². The Hall–Kier alpha value is -0.780. The van der Waals surface area contributed by atoms with E-state index in [4.69, 9.17) is 5.84 Å². The first-order valence-electron chi connectivity index (χ1n) is 3.14. The summed E-state index contributed by atoms with van der Waals surface area (Å²) in [5, 5.41) is 4.61. The molecule has 0 spiro atoms. The van der Waals surface area contributed by atoms with Crippen LogP contribution in [0.1, 0.15) is 5.82 Å². The highest BCUT2D eigenvalue weighted by atomic mass is 79.9. The van der Waals surface area contributed by atoms with Crippen LogP contribution in [-0.2, 0) is 6.54 Å². The maximum atomic E-state index is 11.1. The van der Waals surface area contributed by atoms with Crippen LogP contribution in [0.15, 0.2) is 4.79 Å². The standard InChI is InChI=1S/C5H9BrN4O/c1-4-8-9(3-2-6)5(11)10(4)7/h2-3,7H2,1H3. The SMILES string of the molecule is Cc1nn(CCBr)c(=O)n1N. The Labute approximate surface area is 71.9 Å². The lowest BCUT2D eigenvalue weighted by atomic mass is 10.7. The molecule has 1 heterocycles. The van der Waals surface area contributed by atoms with Crippen LogP contribution >= 0.6 is 15.9 Å². The van der Waals surface area contributed by atoms with E-state index >= 15 is 0 Å². The van der Waals surface area contributed by atoms with E-state index in [-0.39, 0.29) is 5.69 Å². The average Bonchev–Trinajstić information content (AvgIpc) is 2.19. The number of hydrogen-bond acceptors (Lipinski definition) is 3. The lowest BCUT2D eigenvalue weighted by Crippen LogP contribution is -2.30. The summed E-state index contributed by atoms with van der Waals surface area (Å²) in [6.45, 7) is 2.23. The van der Waals surface area contributed by atoms with Crippen LogP contribution in [0.4, 0.5) is 0 Å². The predicted octanol–water partition coefficient (Wildman–Crippen LogP) is -0.538. The van der Waals surface area contributed by atoms with Crippen molar-refractivity contribution in [2.75, 3.05) is 11.2 Å². The molecule has 6 heteroatoms. The number of nitrogens with two attached hydrogens (primary N) is 1. The maximum Gasteiger partial charge on any atom is 0.364 e. The van der Waals surface area contributed by atoms with Gasteiger partial charge < -0.3 is 5.84 Å². The monoisotopic (exact) mass is 220 g/mol. The molecule has 1 aromatic rings. The summed E-state index contributed by atoms with van der Waals surface area (Å²) in [4.78, 5) is 11.1. The zero-order valence-electron chi connectivity index (χ0n) is 6.12. The Morgan fingerprint density at radius 3 is 2.73 bits per heavy atom. The lowest BCUT2D eigenvalue weighted by molar-refractivity contribution is 0.633. The van der Waals surface area contributed by atoms with Gasteiger partial charge in [-0.1, -0.05) is 15.9 Å². The number of aromatic nitrogens is 3. The average molecular weight is 221 g/mol. The number of halogens is 1. The highest BCUT2D eigenvalue weighted by Gasteiger charge is 2.04. The molecule has 0 unspecified atom stereocenters. The van der Waals surface area contributed by atoms with Gasteiger partial charge in [-0.25, -0.2) is 9.48 Å². The number of hydrogen-bond donors (Lipinski definition) is 1. The lowest BCUT2D eigenvalue weighted by Gasteiger charge is -1.90. The molecule has 0 radical (unpaired) electrons. The normalized spacial score (nSPS) is 10.4. The van der Waals surface area contributed by atoms with E-state index in [9.17, 15) is 4.79 Å². The number of alkyl halides is 1. The molecule has 0 bridgehead atoms. The van der Waals surface area contributed by atoms with Gasteiger partial charge >= 0.3 is 5.69 Å². The smallest absolute Gasteiger partial charge is 0.333 e. The molecule has 0 fully saturated rings. The molecule has 11 heavy (non-hydrogen) atoms. The Kier molecular flexibility index (Phi) is 2.33. The van der Waals surface area contributed by atoms with E-state index in [1.807, 2.05) is 0 Å². The molecule has 2 N–H and O–H groups in total. The van der Waals surface area contributed by atoms with Crippen molar-refractivity contribution < 1.29 is 0 Å². The summed E-state index contributed by atoms with van der Waals surface area (Å²) in [6.07, 6.45) is 0. The van der Waals surface area contributed by atoms with Gasteiger partial charge in [0.15, 0.2) is 0 Å². The van der Waals surface area contributed by atoms with E-state index in [2.05, 4.69) is 21.0 Å². The zero-order chi connectivity index (χ0) is 8.43. The van der Waals surface area contributed by atoms with Gasteiger partial charge in [0, 0.05) is 5.33 Å².